The quantitative estimate of drug-likeness (QED) is 0.879. The van der Waals surface area contributed by atoms with Gasteiger partial charge in [-0.25, -0.2) is 4.39 Å². The summed E-state index contributed by atoms with van der Waals surface area (Å²) in [7, 11) is 1.64. The molecule has 0 aliphatic heterocycles. The average molecular weight is 275 g/mol. The normalized spacial score (nSPS) is 12.2. The summed E-state index contributed by atoms with van der Waals surface area (Å²) in [5.41, 5.74) is 1.89. The third kappa shape index (κ3) is 3.48. The van der Waals surface area contributed by atoms with E-state index in [0.29, 0.717) is 6.54 Å². The first-order valence-electron chi connectivity index (χ1n) is 6.45. The van der Waals surface area contributed by atoms with E-state index in [2.05, 4.69) is 5.32 Å². The van der Waals surface area contributed by atoms with Gasteiger partial charge in [0.2, 0.25) is 0 Å². The van der Waals surface area contributed by atoms with Crippen molar-refractivity contribution in [1.82, 2.24) is 5.32 Å². The van der Waals surface area contributed by atoms with Crippen molar-refractivity contribution in [2.45, 2.75) is 19.5 Å². The highest BCUT2D eigenvalue weighted by Crippen LogP contribution is 2.20. The molecule has 0 aromatic heterocycles. The highest BCUT2D eigenvalue weighted by Gasteiger charge is 2.07. The Labute approximate surface area is 118 Å². The number of rotatable bonds is 5. The van der Waals surface area contributed by atoms with Crippen LogP contribution in [0.3, 0.4) is 0 Å². The van der Waals surface area contributed by atoms with Gasteiger partial charge in [-0.05, 0) is 42.3 Å². The van der Waals surface area contributed by atoms with Gasteiger partial charge in [-0.15, -0.1) is 0 Å². The maximum atomic E-state index is 13.2. The molecule has 1 atom stereocenters. The van der Waals surface area contributed by atoms with Gasteiger partial charge in [-0.1, -0.05) is 18.2 Å². The Bertz CT molecular complexity index is 586. The minimum Gasteiger partial charge on any atom is -0.505 e. The van der Waals surface area contributed by atoms with Crippen molar-refractivity contribution in [3.63, 3.8) is 0 Å². The SMILES string of the molecule is COc1cccc([C@H](C)NCc2ccc(O)c(F)c2)c1. The molecule has 106 valence electrons. The summed E-state index contributed by atoms with van der Waals surface area (Å²) in [5.74, 6) is -0.111. The van der Waals surface area contributed by atoms with Gasteiger partial charge in [0.1, 0.15) is 5.75 Å². The molecule has 0 fully saturated rings. The number of phenols is 1. The first-order valence-corrected chi connectivity index (χ1v) is 6.45. The molecule has 0 amide bonds. The number of ether oxygens (including phenoxy) is 1. The van der Waals surface area contributed by atoms with Crippen LogP contribution in [0.1, 0.15) is 24.1 Å². The molecule has 0 aliphatic carbocycles. The number of methoxy groups -OCH3 is 1. The molecule has 0 bridgehead atoms. The van der Waals surface area contributed by atoms with E-state index < -0.39 is 5.82 Å². The fourth-order valence-electron chi connectivity index (χ4n) is 1.96. The first-order chi connectivity index (χ1) is 9.60. The van der Waals surface area contributed by atoms with E-state index in [-0.39, 0.29) is 11.8 Å². The Hall–Kier alpha value is -2.07. The molecule has 2 rings (SSSR count). The summed E-state index contributed by atoms with van der Waals surface area (Å²) in [6.45, 7) is 2.56. The number of hydrogen-bond acceptors (Lipinski definition) is 3. The van der Waals surface area contributed by atoms with E-state index in [9.17, 15) is 4.39 Å². The monoisotopic (exact) mass is 275 g/mol. The molecule has 4 heteroatoms. The molecule has 0 saturated carbocycles. The standard InChI is InChI=1S/C16H18FNO2/c1-11(13-4-3-5-14(9-13)20-2)18-10-12-6-7-16(19)15(17)8-12/h3-9,11,18-19H,10H2,1-2H3/t11-/m0/s1. The van der Waals surface area contributed by atoms with E-state index in [1.54, 1.807) is 13.2 Å². The molecule has 0 saturated heterocycles. The van der Waals surface area contributed by atoms with Crippen molar-refractivity contribution in [1.29, 1.82) is 0 Å². The van der Waals surface area contributed by atoms with Crippen molar-refractivity contribution in [2.75, 3.05) is 7.11 Å². The molecule has 3 nitrogen and oxygen atoms in total. The van der Waals surface area contributed by atoms with E-state index in [4.69, 9.17) is 9.84 Å². The Balaban J connectivity index is 2.00. The third-order valence-corrected chi connectivity index (χ3v) is 3.22. The van der Waals surface area contributed by atoms with Gasteiger partial charge < -0.3 is 15.2 Å². The van der Waals surface area contributed by atoms with Crippen LogP contribution in [0.5, 0.6) is 11.5 Å². The van der Waals surface area contributed by atoms with Crippen molar-refractivity contribution in [3.8, 4) is 11.5 Å². The molecule has 0 unspecified atom stereocenters. The number of hydrogen-bond donors (Lipinski definition) is 2. The van der Waals surface area contributed by atoms with Crippen LogP contribution in [-0.4, -0.2) is 12.2 Å². The lowest BCUT2D eigenvalue weighted by atomic mass is 10.1. The zero-order valence-corrected chi connectivity index (χ0v) is 11.6. The average Bonchev–Trinajstić information content (AvgIpc) is 2.48. The van der Waals surface area contributed by atoms with Crippen LogP contribution in [0.2, 0.25) is 0 Å². The summed E-state index contributed by atoms with van der Waals surface area (Å²) >= 11 is 0. The predicted molar refractivity (Wildman–Crippen MR) is 76.3 cm³/mol. The van der Waals surface area contributed by atoms with Gasteiger partial charge >= 0.3 is 0 Å². The number of phenolic OH excluding ortho intramolecular Hbond substituents is 1. The summed E-state index contributed by atoms with van der Waals surface area (Å²) in [6, 6.07) is 12.3. The molecule has 0 aliphatic rings. The topological polar surface area (TPSA) is 41.5 Å². The fourth-order valence-corrected chi connectivity index (χ4v) is 1.96. The van der Waals surface area contributed by atoms with Crippen LogP contribution in [-0.2, 0) is 6.54 Å². The minimum atomic E-state index is -0.599. The summed E-state index contributed by atoms with van der Waals surface area (Å²) < 4.78 is 18.4. The molecule has 2 aromatic rings. The molecular formula is C16H18FNO2. The maximum absolute atomic E-state index is 13.2. The molecule has 0 spiro atoms. The van der Waals surface area contributed by atoms with Gasteiger partial charge in [0.25, 0.3) is 0 Å². The number of aromatic hydroxyl groups is 1. The van der Waals surface area contributed by atoms with Crippen molar-refractivity contribution in [2.24, 2.45) is 0 Å². The Kier molecular flexibility index (Phi) is 4.58. The molecule has 2 N–H and O–H groups in total. The highest BCUT2D eigenvalue weighted by molar-refractivity contribution is 5.31. The lowest BCUT2D eigenvalue weighted by Gasteiger charge is -2.15. The Morgan fingerprint density at radius 1 is 1.25 bits per heavy atom. The van der Waals surface area contributed by atoms with E-state index in [1.807, 2.05) is 31.2 Å². The number of halogens is 1. The predicted octanol–water partition coefficient (Wildman–Crippen LogP) is 3.39. The van der Waals surface area contributed by atoms with E-state index >= 15 is 0 Å². The molecular weight excluding hydrogens is 257 g/mol. The van der Waals surface area contributed by atoms with Gasteiger partial charge in [-0.3, -0.25) is 0 Å². The summed E-state index contributed by atoms with van der Waals surface area (Å²) in [5, 5.41) is 12.5. The lowest BCUT2D eigenvalue weighted by molar-refractivity contribution is 0.413. The smallest absolute Gasteiger partial charge is 0.165 e. The van der Waals surface area contributed by atoms with Crippen LogP contribution in [0.25, 0.3) is 0 Å². The first kappa shape index (κ1) is 14.3. The van der Waals surface area contributed by atoms with Crippen LogP contribution in [0.4, 0.5) is 4.39 Å². The fraction of sp³-hybridized carbons (Fsp3) is 0.250. The minimum absolute atomic E-state index is 0.113. The number of benzene rings is 2. The van der Waals surface area contributed by atoms with Crippen LogP contribution >= 0.6 is 0 Å². The summed E-state index contributed by atoms with van der Waals surface area (Å²) in [4.78, 5) is 0. The van der Waals surface area contributed by atoms with Crippen molar-refractivity contribution in [3.05, 3.63) is 59.4 Å². The summed E-state index contributed by atoms with van der Waals surface area (Å²) in [6.07, 6.45) is 0. The van der Waals surface area contributed by atoms with Crippen LogP contribution in [0.15, 0.2) is 42.5 Å². The zero-order chi connectivity index (χ0) is 14.5. The van der Waals surface area contributed by atoms with Gasteiger partial charge in [0, 0.05) is 12.6 Å². The van der Waals surface area contributed by atoms with Gasteiger partial charge in [-0.2, -0.15) is 0 Å². The largest absolute Gasteiger partial charge is 0.505 e. The molecule has 0 heterocycles. The Morgan fingerprint density at radius 2 is 2.05 bits per heavy atom. The van der Waals surface area contributed by atoms with Crippen molar-refractivity contribution >= 4 is 0 Å². The second-order valence-corrected chi connectivity index (χ2v) is 4.66. The lowest BCUT2D eigenvalue weighted by Crippen LogP contribution is -2.18. The zero-order valence-electron chi connectivity index (χ0n) is 11.6. The number of nitrogens with one attached hydrogen (secondary N) is 1. The van der Waals surface area contributed by atoms with E-state index in [1.165, 1.54) is 12.1 Å². The van der Waals surface area contributed by atoms with Crippen LogP contribution in [0, 0.1) is 5.82 Å². The van der Waals surface area contributed by atoms with Crippen molar-refractivity contribution < 1.29 is 14.2 Å². The van der Waals surface area contributed by atoms with Crippen LogP contribution < -0.4 is 10.1 Å². The second-order valence-electron chi connectivity index (χ2n) is 4.66. The third-order valence-electron chi connectivity index (χ3n) is 3.22. The molecule has 0 radical (unpaired) electrons. The molecule has 2 aromatic carbocycles. The highest BCUT2D eigenvalue weighted by atomic mass is 19.1. The second kappa shape index (κ2) is 6.39. The van der Waals surface area contributed by atoms with Gasteiger partial charge in [0.15, 0.2) is 11.6 Å². The molecule has 20 heavy (non-hydrogen) atoms. The maximum Gasteiger partial charge on any atom is 0.165 e. The van der Waals surface area contributed by atoms with E-state index in [0.717, 1.165) is 16.9 Å². The van der Waals surface area contributed by atoms with Gasteiger partial charge in [0.05, 0.1) is 7.11 Å². The Morgan fingerprint density at radius 3 is 2.75 bits per heavy atom.